The molecule has 0 spiro atoms. The molecule has 0 atom stereocenters. The van der Waals surface area contributed by atoms with Gasteiger partial charge in [0.25, 0.3) is 0 Å². The highest BCUT2D eigenvalue weighted by Crippen LogP contribution is 2.25. The second-order valence-electron chi connectivity index (χ2n) is 3.86. The van der Waals surface area contributed by atoms with Crippen molar-refractivity contribution in [2.75, 3.05) is 6.61 Å². The van der Waals surface area contributed by atoms with E-state index in [9.17, 15) is 5.11 Å². The summed E-state index contributed by atoms with van der Waals surface area (Å²) in [5.41, 5.74) is 7.31. The van der Waals surface area contributed by atoms with Crippen molar-refractivity contribution in [3.05, 3.63) is 71.8 Å². The summed E-state index contributed by atoms with van der Waals surface area (Å²) in [5, 5.41) is 9.57. The molecule has 0 fully saturated rings. The lowest BCUT2D eigenvalue weighted by molar-refractivity contribution is 0.223. The molecule has 16 heavy (non-hydrogen) atoms. The lowest BCUT2D eigenvalue weighted by Crippen LogP contribution is -2.41. The van der Waals surface area contributed by atoms with E-state index in [0.29, 0.717) is 0 Å². The maximum absolute atomic E-state index is 9.57. The van der Waals surface area contributed by atoms with Gasteiger partial charge in [0, 0.05) is 0 Å². The van der Waals surface area contributed by atoms with Crippen molar-refractivity contribution in [1.82, 2.24) is 0 Å². The molecule has 0 heterocycles. The number of aliphatic hydroxyl groups is 1. The Morgan fingerprint density at radius 2 is 1.19 bits per heavy atom. The minimum absolute atomic E-state index is 0.110. The van der Waals surface area contributed by atoms with Gasteiger partial charge in [0.1, 0.15) is 0 Å². The second kappa shape index (κ2) is 4.47. The topological polar surface area (TPSA) is 46.2 Å². The molecule has 2 aromatic rings. The Kier molecular flexibility index (Phi) is 3.04. The first-order valence-corrected chi connectivity index (χ1v) is 5.28. The minimum atomic E-state index is -0.817. The minimum Gasteiger partial charge on any atom is -0.394 e. The highest BCUT2D eigenvalue weighted by atomic mass is 16.3. The van der Waals surface area contributed by atoms with Crippen LogP contribution in [0.25, 0.3) is 0 Å². The molecule has 0 saturated carbocycles. The highest BCUT2D eigenvalue weighted by Gasteiger charge is 2.28. The summed E-state index contributed by atoms with van der Waals surface area (Å²) in [6.45, 7) is -0.110. The molecule has 2 rings (SSSR count). The van der Waals surface area contributed by atoms with Gasteiger partial charge in [-0.15, -0.1) is 0 Å². The maximum Gasteiger partial charge on any atom is 0.0900 e. The molecule has 0 aliphatic rings. The molecule has 0 radical (unpaired) electrons. The Labute approximate surface area is 95.4 Å². The van der Waals surface area contributed by atoms with E-state index in [1.807, 2.05) is 60.7 Å². The molecule has 0 aliphatic carbocycles. The number of aliphatic hydroxyl groups excluding tert-OH is 1. The van der Waals surface area contributed by atoms with Gasteiger partial charge in [-0.1, -0.05) is 60.7 Å². The Hall–Kier alpha value is -1.64. The first-order valence-electron chi connectivity index (χ1n) is 5.28. The number of hydrogen-bond acceptors (Lipinski definition) is 2. The fraction of sp³-hybridized carbons (Fsp3) is 0.143. The van der Waals surface area contributed by atoms with Gasteiger partial charge in [0.15, 0.2) is 0 Å². The average Bonchev–Trinajstić information content (AvgIpc) is 2.40. The van der Waals surface area contributed by atoms with Crippen LogP contribution in [0, 0.1) is 0 Å². The van der Waals surface area contributed by atoms with Crippen molar-refractivity contribution >= 4 is 0 Å². The zero-order chi connectivity index (χ0) is 11.4. The molecule has 0 amide bonds. The van der Waals surface area contributed by atoms with E-state index >= 15 is 0 Å². The van der Waals surface area contributed by atoms with Crippen molar-refractivity contribution in [3.8, 4) is 0 Å². The van der Waals surface area contributed by atoms with Crippen LogP contribution in [-0.4, -0.2) is 11.7 Å². The fourth-order valence-corrected chi connectivity index (χ4v) is 1.82. The van der Waals surface area contributed by atoms with Crippen molar-refractivity contribution in [3.63, 3.8) is 0 Å². The van der Waals surface area contributed by atoms with E-state index < -0.39 is 5.54 Å². The van der Waals surface area contributed by atoms with Crippen LogP contribution in [0.3, 0.4) is 0 Å². The number of hydrogen-bond donors (Lipinski definition) is 2. The summed E-state index contributed by atoms with van der Waals surface area (Å²) in [7, 11) is 0. The lowest BCUT2D eigenvalue weighted by Gasteiger charge is -2.28. The molecule has 0 aliphatic heterocycles. The first kappa shape index (κ1) is 10.9. The van der Waals surface area contributed by atoms with Gasteiger partial charge in [-0.05, 0) is 11.1 Å². The van der Waals surface area contributed by atoms with E-state index in [-0.39, 0.29) is 6.61 Å². The van der Waals surface area contributed by atoms with Crippen LogP contribution >= 0.6 is 0 Å². The number of nitrogens with two attached hydrogens (primary N) is 1. The van der Waals surface area contributed by atoms with Crippen molar-refractivity contribution < 1.29 is 5.11 Å². The van der Waals surface area contributed by atoms with E-state index in [4.69, 9.17) is 5.73 Å². The Morgan fingerprint density at radius 1 is 0.812 bits per heavy atom. The third-order valence-corrected chi connectivity index (χ3v) is 2.83. The summed E-state index contributed by atoms with van der Waals surface area (Å²) < 4.78 is 0. The second-order valence-corrected chi connectivity index (χ2v) is 3.86. The van der Waals surface area contributed by atoms with Crippen LogP contribution in [0.1, 0.15) is 11.1 Å². The van der Waals surface area contributed by atoms with Gasteiger partial charge in [-0.25, -0.2) is 0 Å². The molecule has 0 aromatic heterocycles. The van der Waals surface area contributed by atoms with Crippen LogP contribution < -0.4 is 5.73 Å². The van der Waals surface area contributed by atoms with Gasteiger partial charge in [0.2, 0.25) is 0 Å². The molecule has 0 saturated heterocycles. The number of benzene rings is 2. The molecule has 3 N–H and O–H groups in total. The van der Waals surface area contributed by atoms with Crippen molar-refractivity contribution in [1.29, 1.82) is 0 Å². The SMILES string of the molecule is NC(CO)(c1ccccc1)c1ccccc1. The Morgan fingerprint density at radius 3 is 1.50 bits per heavy atom. The van der Waals surface area contributed by atoms with Crippen LogP contribution in [-0.2, 0) is 5.54 Å². The van der Waals surface area contributed by atoms with Crippen LogP contribution in [0.15, 0.2) is 60.7 Å². The third-order valence-electron chi connectivity index (χ3n) is 2.83. The maximum atomic E-state index is 9.57. The predicted molar refractivity (Wildman–Crippen MR) is 64.9 cm³/mol. The van der Waals surface area contributed by atoms with Crippen molar-refractivity contribution in [2.45, 2.75) is 5.54 Å². The molecule has 82 valence electrons. The molecule has 0 bridgehead atoms. The largest absolute Gasteiger partial charge is 0.394 e. The smallest absolute Gasteiger partial charge is 0.0900 e. The highest BCUT2D eigenvalue weighted by molar-refractivity contribution is 5.37. The Bertz CT molecular complexity index is 399. The van der Waals surface area contributed by atoms with Crippen LogP contribution in [0.2, 0.25) is 0 Å². The van der Waals surface area contributed by atoms with Gasteiger partial charge < -0.3 is 10.8 Å². The van der Waals surface area contributed by atoms with Gasteiger partial charge >= 0.3 is 0 Å². The third kappa shape index (κ3) is 1.85. The monoisotopic (exact) mass is 213 g/mol. The molecular weight excluding hydrogens is 198 g/mol. The molecular formula is C14H15NO. The van der Waals surface area contributed by atoms with Gasteiger partial charge in [0.05, 0.1) is 12.1 Å². The van der Waals surface area contributed by atoms with Crippen LogP contribution in [0.4, 0.5) is 0 Å². The predicted octanol–water partition coefficient (Wildman–Crippen LogP) is 1.88. The first-order chi connectivity index (χ1) is 7.77. The summed E-state index contributed by atoms with van der Waals surface area (Å²) >= 11 is 0. The van der Waals surface area contributed by atoms with E-state index in [2.05, 4.69) is 0 Å². The zero-order valence-electron chi connectivity index (χ0n) is 9.01. The standard InChI is InChI=1S/C14H15NO/c15-14(11-16,12-7-3-1-4-8-12)13-9-5-2-6-10-13/h1-10,16H,11,15H2. The zero-order valence-corrected chi connectivity index (χ0v) is 9.01. The quantitative estimate of drug-likeness (QED) is 0.817. The molecule has 2 aromatic carbocycles. The van der Waals surface area contributed by atoms with E-state index in [1.165, 1.54) is 0 Å². The average molecular weight is 213 g/mol. The van der Waals surface area contributed by atoms with E-state index in [1.54, 1.807) is 0 Å². The van der Waals surface area contributed by atoms with Gasteiger partial charge in [-0.2, -0.15) is 0 Å². The summed E-state index contributed by atoms with van der Waals surface area (Å²) in [5.74, 6) is 0. The fourth-order valence-electron chi connectivity index (χ4n) is 1.82. The Balaban J connectivity index is 2.49. The summed E-state index contributed by atoms with van der Waals surface area (Å²) in [6.07, 6.45) is 0. The van der Waals surface area contributed by atoms with E-state index in [0.717, 1.165) is 11.1 Å². The summed E-state index contributed by atoms with van der Waals surface area (Å²) in [6, 6.07) is 19.3. The normalized spacial score (nSPS) is 11.4. The van der Waals surface area contributed by atoms with Crippen LogP contribution in [0.5, 0.6) is 0 Å². The van der Waals surface area contributed by atoms with Crippen molar-refractivity contribution in [2.24, 2.45) is 5.73 Å². The molecule has 2 heteroatoms. The molecule has 0 unspecified atom stereocenters. The van der Waals surface area contributed by atoms with Gasteiger partial charge in [-0.3, -0.25) is 0 Å². The number of rotatable bonds is 3. The summed E-state index contributed by atoms with van der Waals surface area (Å²) in [4.78, 5) is 0. The molecule has 2 nitrogen and oxygen atoms in total. The lowest BCUT2D eigenvalue weighted by atomic mass is 9.85.